The van der Waals surface area contributed by atoms with E-state index in [-0.39, 0.29) is 11.5 Å². The van der Waals surface area contributed by atoms with E-state index < -0.39 is 6.17 Å². The van der Waals surface area contributed by atoms with Gasteiger partial charge in [0.05, 0.1) is 16.8 Å². The third-order valence-electron chi connectivity index (χ3n) is 5.49. The first-order valence-corrected chi connectivity index (χ1v) is 10.8. The zero-order valence-corrected chi connectivity index (χ0v) is 17.6. The average molecular weight is 419 g/mol. The van der Waals surface area contributed by atoms with E-state index in [1.165, 1.54) is 11.8 Å². The number of aryl methyl sites for hydroxylation is 1. The summed E-state index contributed by atoms with van der Waals surface area (Å²) in [6, 6.07) is 15.4. The van der Waals surface area contributed by atoms with E-state index in [1.54, 1.807) is 16.5 Å². The lowest BCUT2D eigenvalue weighted by molar-refractivity contribution is -0.763. The number of nitrogens with one attached hydrogen (secondary N) is 2. The van der Waals surface area contributed by atoms with E-state index in [2.05, 4.69) is 9.97 Å². The number of aromatic amines is 2. The van der Waals surface area contributed by atoms with Crippen molar-refractivity contribution in [2.24, 2.45) is 0 Å². The minimum atomic E-state index is -0.586. The number of thioether (sulfide) groups is 1. The maximum absolute atomic E-state index is 13.1. The van der Waals surface area contributed by atoms with Gasteiger partial charge in [-0.3, -0.25) is 14.6 Å². The molecule has 3 heterocycles. The Bertz CT molecular complexity index is 1370. The number of fused-ring (bicyclic) bond motifs is 4. The zero-order valence-electron chi connectivity index (χ0n) is 16.8. The SMILES string of the molecule is CSc1n[n+]2c(c(=O)[nH]1)-c1ccccc1N(C(C)=O)C2c1c(C)[nH]c2ccccc12. The normalized spacial score (nSPS) is 15.2. The van der Waals surface area contributed by atoms with E-state index in [4.69, 9.17) is 5.10 Å². The quantitative estimate of drug-likeness (QED) is 0.387. The number of carbonyl (C=O) groups is 1. The molecule has 1 aliphatic rings. The fraction of sp³-hybridized carbons (Fsp3) is 0.182. The third kappa shape index (κ3) is 2.60. The fourth-order valence-corrected chi connectivity index (χ4v) is 4.66. The minimum absolute atomic E-state index is 0.122. The first kappa shape index (κ1) is 18.6. The van der Waals surface area contributed by atoms with Crippen molar-refractivity contribution in [2.45, 2.75) is 25.2 Å². The lowest BCUT2D eigenvalue weighted by atomic mass is 10.00. The van der Waals surface area contributed by atoms with Gasteiger partial charge in [0.2, 0.25) is 11.1 Å². The highest BCUT2D eigenvalue weighted by molar-refractivity contribution is 7.98. The van der Waals surface area contributed by atoms with E-state index in [0.29, 0.717) is 22.1 Å². The third-order valence-corrected chi connectivity index (χ3v) is 6.06. The number of carbonyl (C=O) groups excluding carboxylic acids is 1. The van der Waals surface area contributed by atoms with Gasteiger partial charge in [0.15, 0.2) is 0 Å². The number of nitrogens with zero attached hydrogens (tertiary/aromatic N) is 3. The standard InChI is InChI=1S/C22H19N5O2S/c1-12-18(14-8-4-6-10-16(14)23-12)21-26(13(2)28)17-11-7-5-9-15(17)19-20(29)24-22(30-3)25-27(19)21/h4-11,21,23H,1-3H3/p+1. The average Bonchev–Trinajstić information content (AvgIpc) is 3.07. The Morgan fingerprint density at radius 1 is 1.13 bits per heavy atom. The van der Waals surface area contributed by atoms with Crippen molar-refractivity contribution in [2.75, 3.05) is 11.2 Å². The van der Waals surface area contributed by atoms with Crippen molar-refractivity contribution in [3.8, 4) is 11.3 Å². The Morgan fingerprint density at radius 3 is 2.63 bits per heavy atom. The first-order chi connectivity index (χ1) is 14.5. The second kappa shape index (κ2) is 6.84. The molecule has 0 bridgehead atoms. The molecule has 0 spiro atoms. The van der Waals surface area contributed by atoms with Gasteiger partial charge in [-0.1, -0.05) is 42.1 Å². The molecule has 4 aromatic rings. The summed E-state index contributed by atoms with van der Waals surface area (Å²) in [7, 11) is 0. The first-order valence-electron chi connectivity index (χ1n) is 9.57. The lowest BCUT2D eigenvalue weighted by Crippen LogP contribution is -2.60. The number of anilines is 1. The Morgan fingerprint density at radius 2 is 1.87 bits per heavy atom. The van der Waals surface area contributed by atoms with Crippen LogP contribution in [0.15, 0.2) is 58.5 Å². The van der Waals surface area contributed by atoms with Gasteiger partial charge in [0, 0.05) is 28.6 Å². The number of hydrogen-bond acceptors (Lipinski definition) is 4. The maximum atomic E-state index is 13.1. The molecule has 1 amide bonds. The molecule has 0 saturated carbocycles. The summed E-state index contributed by atoms with van der Waals surface area (Å²) >= 11 is 1.36. The molecule has 1 unspecified atom stereocenters. The molecule has 0 radical (unpaired) electrons. The Hall–Kier alpha value is -3.39. The topological polar surface area (TPSA) is 85.7 Å². The van der Waals surface area contributed by atoms with E-state index in [9.17, 15) is 9.59 Å². The molecule has 2 aromatic heterocycles. The smallest absolute Gasteiger partial charge is 0.325 e. The summed E-state index contributed by atoms with van der Waals surface area (Å²) in [6.07, 6.45) is 1.27. The van der Waals surface area contributed by atoms with Crippen LogP contribution in [-0.4, -0.2) is 27.2 Å². The lowest BCUT2D eigenvalue weighted by Gasteiger charge is -2.31. The second-order valence-electron chi connectivity index (χ2n) is 7.25. The van der Waals surface area contributed by atoms with Crippen molar-refractivity contribution in [3.05, 3.63) is 70.1 Å². The molecule has 0 aliphatic carbocycles. The Kier molecular flexibility index (Phi) is 4.25. The molecular formula is C22H20N5O2S+. The van der Waals surface area contributed by atoms with Gasteiger partial charge in [0.25, 0.3) is 6.17 Å². The zero-order chi connectivity index (χ0) is 21.0. The summed E-state index contributed by atoms with van der Waals surface area (Å²) in [5, 5.41) is 6.22. The van der Waals surface area contributed by atoms with Gasteiger partial charge in [-0.05, 0) is 36.1 Å². The molecule has 8 heteroatoms. The van der Waals surface area contributed by atoms with Crippen LogP contribution in [0.4, 0.5) is 5.69 Å². The predicted octanol–water partition coefficient (Wildman–Crippen LogP) is 3.15. The molecular weight excluding hydrogens is 398 g/mol. The van der Waals surface area contributed by atoms with Crippen LogP contribution in [0.1, 0.15) is 24.3 Å². The van der Waals surface area contributed by atoms with Crippen LogP contribution in [0.5, 0.6) is 0 Å². The van der Waals surface area contributed by atoms with Crippen LogP contribution >= 0.6 is 11.8 Å². The van der Waals surface area contributed by atoms with E-state index in [0.717, 1.165) is 22.2 Å². The molecule has 0 saturated heterocycles. The molecule has 2 aromatic carbocycles. The van der Waals surface area contributed by atoms with Gasteiger partial charge in [-0.25, -0.2) is 4.90 Å². The number of benzene rings is 2. The molecule has 1 aliphatic heterocycles. The Labute approximate surface area is 176 Å². The van der Waals surface area contributed by atoms with Crippen molar-refractivity contribution in [1.29, 1.82) is 0 Å². The summed E-state index contributed by atoms with van der Waals surface area (Å²) in [5.41, 5.74) is 4.42. The number of para-hydroxylation sites is 2. The van der Waals surface area contributed by atoms with Crippen molar-refractivity contribution >= 4 is 34.3 Å². The summed E-state index contributed by atoms with van der Waals surface area (Å²) < 4.78 is 1.69. The summed E-state index contributed by atoms with van der Waals surface area (Å²) in [6.45, 7) is 3.53. The van der Waals surface area contributed by atoms with Crippen LogP contribution in [0.3, 0.4) is 0 Å². The number of rotatable bonds is 2. The number of hydrogen-bond donors (Lipinski definition) is 2. The molecule has 1 atom stereocenters. The van der Waals surface area contributed by atoms with Crippen LogP contribution in [0, 0.1) is 6.92 Å². The van der Waals surface area contributed by atoms with Gasteiger partial charge < -0.3 is 4.98 Å². The predicted molar refractivity (Wildman–Crippen MR) is 117 cm³/mol. The van der Waals surface area contributed by atoms with Gasteiger partial charge in [-0.2, -0.15) is 0 Å². The molecule has 30 heavy (non-hydrogen) atoms. The highest BCUT2D eigenvalue weighted by Gasteiger charge is 2.46. The molecule has 7 nitrogen and oxygen atoms in total. The number of H-pyrrole nitrogens is 2. The van der Waals surface area contributed by atoms with E-state index >= 15 is 0 Å². The van der Waals surface area contributed by atoms with Gasteiger partial charge in [0.1, 0.15) is 0 Å². The largest absolute Gasteiger partial charge is 0.358 e. The number of aromatic nitrogens is 4. The minimum Gasteiger partial charge on any atom is -0.358 e. The molecule has 150 valence electrons. The Balaban J connectivity index is 1.93. The van der Waals surface area contributed by atoms with Crippen LogP contribution in [0.25, 0.3) is 22.2 Å². The molecule has 2 N–H and O–H groups in total. The molecule has 5 rings (SSSR count). The number of amides is 1. The highest BCUT2D eigenvalue weighted by Crippen LogP contribution is 2.40. The van der Waals surface area contributed by atoms with Gasteiger partial charge in [-0.15, -0.1) is 0 Å². The van der Waals surface area contributed by atoms with Crippen molar-refractivity contribution < 1.29 is 9.48 Å². The fourth-order valence-electron chi connectivity index (χ4n) is 4.30. The van der Waals surface area contributed by atoms with Crippen LogP contribution in [0.2, 0.25) is 0 Å². The van der Waals surface area contributed by atoms with Crippen molar-refractivity contribution in [3.63, 3.8) is 0 Å². The highest BCUT2D eigenvalue weighted by atomic mass is 32.2. The van der Waals surface area contributed by atoms with Gasteiger partial charge >= 0.3 is 11.3 Å². The summed E-state index contributed by atoms with van der Waals surface area (Å²) in [5.74, 6) is -0.122. The summed E-state index contributed by atoms with van der Waals surface area (Å²) in [4.78, 5) is 34.0. The maximum Gasteiger partial charge on any atom is 0.325 e. The van der Waals surface area contributed by atoms with E-state index in [1.807, 2.05) is 61.7 Å². The van der Waals surface area contributed by atoms with Crippen LogP contribution < -0.4 is 15.1 Å². The second-order valence-corrected chi connectivity index (χ2v) is 8.04. The van der Waals surface area contributed by atoms with Crippen LogP contribution in [-0.2, 0) is 4.79 Å². The van der Waals surface area contributed by atoms with Crippen molar-refractivity contribution in [1.82, 2.24) is 15.1 Å². The molecule has 0 fully saturated rings. The monoisotopic (exact) mass is 418 g/mol.